The van der Waals surface area contributed by atoms with Crippen molar-refractivity contribution in [3.05, 3.63) is 0 Å². The zero-order valence-electron chi connectivity index (χ0n) is 14.6. The summed E-state index contributed by atoms with van der Waals surface area (Å²) in [5.41, 5.74) is 10.1. The van der Waals surface area contributed by atoms with Crippen molar-refractivity contribution < 1.29 is 114 Å². The van der Waals surface area contributed by atoms with Gasteiger partial charge in [0.1, 0.15) is 0 Å². The maximum atomic E-state index is 8.89. The summed E-state index contributed by atoms with van der Waals surface area (Å²) in [6.07, 6.45) is 0.745. The van der Waals surface area contributed by atoms with Crippen LogP contribution in [0.5, 0.6) is 0 Å². The third-order valence-corrected chi connectivity index (χ3v) is 0.471. The van der Waals surface area contributed by atoms with Crippen LogP contribution in [0.15, 0.2) is 0 Å². The molecule has 0 saturated heterocycles. The summed E-state index contributed by atoms with van der Waals surface area (Å²) < 4.78 is 0. The average Bonchev–Trinajstić information content (AvgIpc) is 2.13. The molecule has 0 aliphatic rings. The molecule has 0 spiro atoms. The average molecular weight is 423 g/mol. The zero-order valence-corrected chi connectivity index (χ0v) is 18.8. The van der Waals surface area contributed by atoms with Gasteiger partial charge >= 0.3 is 68.5 Å². The smallest absolute Gasteiger partial charge is 0.550 e. The summed E-state index contributed by atoms with van der Waals surface area (Å²) >= 11 is 0. The number of carbonyl (C=O) groups is 4. The van der Waals surface area contributed by atoms with Gasteiger partial charge in [0.15, 0.2) is 0 Å². The molecule has 0 unspecified atom stereocenters. The van der Waals surface area contributed by atoms with Crippen molar-refractivity contribution >= 4 is 23.9 Å². The van der Waals surface area contributed by atoms with E-state index >= 15 is 0 Å². The summed E-state index contributed by atoms with van der Waals surface area (Å²) in [4.78, 5) is 35.6. The van der Waals surface area contributed by atoms with Crippen molar-refractivity contribution in [3.8, 4) is 0 Å². The van der Waals surface area contributed by atoms with E-state index in [0.29, 0.717) is 0 Å². The van der Waals surface area contributed by atoms with Crippen molar-refractivity contribution in [2.24, 2.45) is 11.5 Å². The van der Waals surface area contributed by atoms with Gasteiger partial charge < -0.3 is 56.5 Å². The Balaban J connectivity index is -0.0000000216. The molecule has 0 saturated carbocycles. The minimum absolute atomic E-state index is 0. The first-order chi connectivity index (χ1) is 9.20. The Morgan fingerprint density at radius 1 is 0.750 bits per heavy atom. The first-order valence-corrected chi connectivity index (χ1v) is 5.42. The normalized spacial score (nSPS) is 6.17. The van der Waals surface area contributed by atoms with Crippen LogP contribution in [0, 0.1) is 0 Å². The van der Waals surface area contributed by atoms with E-state index in [1.807, 2.05) is 6.92 Å². The molecule has 13 heteroatoms. The first kappa shape index (κ1) is 49.6. The van der Waals surface area contributed by atoms with E-state index in [9.17, 15) is 0 Å². The summed E-state index contributed by atoms with van der Waals surface area (Å²) in [6.45, 7) is 5.84. The minimum Gasteiger partial charge on any atom is -0.550 e. The van der Waals surface area contributed by atoms with Gasteiger partial charge in [0, 0.05) is 23.9 Å². The first-order valence-electron chi connectivity index (χ1n) is 5.42. The molecule has 1 radical (unpaired) electrons. The van der Waals surface area contributed by atoms with Gasteiger partial charge in [-0.15, -0.1) is 0 Å². The van der Waals surface area contributed by atoms with Crippen LogP contribution in [0.1, 0.15) is 41.0 Å². The number of rotatable bonds is 1. The zero-order chi connectivity index (χ0) is 18.6. The van der Waals surface area contributed by atoms with Gasteiger partial charge in [0.05, 0.1) is 6.17 Å². The van der Waals surface area contributed by atoms with E-state index in [0.717, 1.165) is 34.1 Å². The standard InChI is InChI=1S/C3H10N2.4C2H4O2.Fe.K.H2O/c1-2-3(4)5;4*1-2(3)4;;;/h3H,2,4-5H2,1H3;4*1H3,(H,3,4);;;1H2/q;;;;;+3;+1;/p-4. The van der Waals surface area contributed by atoms with Crippen LogP contribution in [-0.2, 0) is 36.2 Å². The predicted octanol–water partition coefficient (Wildman–Crippen LogP) is -9.16. The third-order valence-electron chi connectivity index (χ3n) is 0.471. The van der Waals surface area contributed by atoms with E-state index in [2.05, 4.69) is 0 Å². The second-order valence-corrected chi connectivity index (χ2v) is 3.04. The molecule has 11 nitrogen and oxygen atoms in total. The van der Waals surface area contributed by atoms with E-state index < -0.39 is 23.9 Å². The number of carboxylic acid groups (broad SMARTS) is 4. The van der Waals surface area contributed by atoms with Crippen molar-refractivity contribution in [1.29, 1.82) is 0 Å². The number of hydrogen-bond acceptors (Lipinski definition) is 10. The molecule has 0 aliphatic carbocycles. The molecule has 0 aromatic carbocycles. The van der Waals surface area contributed by atoms with Crippen LogP contribution in [0.25, 0.3) is 0 Å². The second-order valence-electron chi connectivity index (χ2n) is 3.04. The Morgan fingerprint density at radius 3 is 0.792 bits per heavy atom. The van der Waals surface area contributed by atoms with Gasteiger partial charge in [0.2, 0.25) is 0 Å². The summed E-state index contributed by atoms with van der Waals surface area (Å²) in [6, 6.07) is 0. The molecule has 0 bridgehead atoms. The summed E-state index contributed by atoms with van der Waals surface area (Å²) in [7, 11) is 0. The van der Waals surface area contributed by atoms with Crippen LogP contribution < -0.4 is 83.3 Å². The molecule has 0 aromatic heterocycles. The van der Waals surface area contributed by atoms with Crippen LogP contribution >= 0.6 is 0 Å². The molecule has 0 rings (SSSR count). The molecule has 141 valence electrons. The van der Waals surface area contributed by atoms with Crippen molar-refractivity contribution in [3.63, 3.8) is 0 Å². The number of hydrogen-bond donors (Lipinski definition) is 2. The summed E-state index contributed by atoms with van der Waals surface area (Å²) in [5, 5.41) is 35.6. The minimum atomic E-state index is -1.08. The van der Waals surface area contributed by atoms with Gasteiger partial charge in [-0.2, -0.15) is 0 Å². The molecular weight excluding hydrogens is 399 g/mol. The van der Waals surface area contributed by atoms with Crippen LogP contribution in [0.3, 0.4) is 0 Å². The van der Waals surface area contributed by atoms with Crippen molar-refractivity contribution in [2.75, 3.05) is 0 Å². The topological polar surface area (TPSA) is 244 Å². The van der Waals surface area contributed by atoms with Crippen LogP contribution in [0.2, 0.25) is 0 Å². The van der Waals surface area contributed by atoms with Gasteiger partial charge in [-0.25, -0.2) is 0 Å². The molecule has 0 aliphatic heterocycles. The van der Waals surface area contributed by atoms with Crippen molar-refractivity contribution in [1.82, 2.24) is 0 Å². The van der Waals surface area contributed by atoms with Crippen LogP contribution in [0.4, 0.5) is 0 Å². The van der Waals surface area contributed by atoms with Gasteiger partial charge in [-0.05, 0) is 34.1 Å². The number of nitrogens with two attached hydrogens (primary N) is 2. The molecule has 0 amide bonds. The number of carbonyl (C=O) groups excluding carboxylic acids is 4. The van der Waals surface area contributed by atoms with Crippen LogP contribution in [-0.4, -0.2) is 35.5 Å². The monoisotopic (exact) mass is 423 g/mol. The molecule has 24 heavy (non-hydrogen) atoms. The number of aliphatic carboxylic acids is 4. The fraction of sp³-hybridized carbons (Fsp3) is 0.636. The molecule has 6 N–H and O–H groups in total. The second kappa shape index (κ2) is 43.5. The maximum absolute atomic E-state index is 8.89. The van der Waals surface area contributed by atoms with E-state index in [4.69, 9.17) is 51.1 Å². The largest absolute Gasteiger partial charge is 3.00 e. The Bertz CT molecular complexity index is 229. The Morgan fingerprint density at radius 2 is 0.792 bits per heavy atom. The molecule has 0 heterocycles. The van der Waals surface area contributed by atoms with Crippen molar-refractivity contribution in [2.45, 2.75) is 47.2 Å². The van der Waals surface area contributed by atoms with Gasteiger partial charge in [0.25, 0.3) is 0 Å². The van der Waals surface area contributed by atoms with Gasteiger partial charge in [-0.3, -0.25) is 0 Å². The maximum Gasteiger partial charge on any atom is 3.00 e. The third kappa shape index (κ3) is 2610. The quantitative estimate of drug-likeness (QED) is 0.298. The molecular formula is C11H24FeKN2O9. The van der Waals surface area contributed by atoms with E-state index in [-0.39, 0.29) is 80.1 Å². The van der Waals surface area contributed by atoms with E-state index in [1.54, 1.807) is 0 Å². The predicted molar refractivity (Wildman–Crippen MR) is 68.8 cm³/mol. The SMILES string of the molecule is CC(=O)[O-].CC(=O)[O-].CC(=O)[O-].CC(=O)[O-].CCC(N)N.O.[Fe+3].[K+]. The Labute approximate surface area is 194 Å². The molecule has 0 atom stereocenters. The molecule has 0 fully saturated rings. The molecule has 0 aromatic rings. The Hall–Kier alpha value is -0.0842. The fourth-order valence-electron chi connectivity index (χ4n) is 0. The number of carboxylic acids is 4. The fourth-order valence-corrected chi connectivity index (χ4v) is 0. The Kier molecular flexibility index (Phi) is 89.8. The summed E-state index contributed by atoms with van der Waals surface area (Å²) in [5.74, 6) is -4.33. The van der Waals surface area contributed by atoms with E-state index in [1.165, 1.54) is 0 Å². The van der Waals surface area contributed by atoms with Gasteiger partial charge in [-0.1, -0.05) is 6.92 Å².